The van der Waals surface area contributed by atoms with Crippen LogP contribution in [0, 0.1) is 0 Å². The second kappa shape index (κ2) is 3.35. The standard InChI is InChI=1S/C11H10ClN/c1-2-8-3-4-11-9(5-8)6-10(12)7-13-11/h3-7H,2H2,1H3. The van der Waals surface area contributed by atoms with Crippen molar-refractivity contribution in [3.05, 3.63) is 41.0 Å². The van der Waals surface area contributed by atoms with E-state index >= 15 is 0 Å². The van der Waals surface area contributed by atoms with Gasteiger partial charge in [0.15, 0.2) is 0 Å². The predicted octanol–water partition coefficient (Wildman–Crippen LogP) is 3.45. The average Bonchev–Trinajstić information content (AvgIpc) is 2.16. The SMILES string of the molecule is CCc1ccc2ncc(Cl)cc2c1. The number of aromatic nitrogens is 1. The van der Waals surface area contributed by atoms with Crippen LogP contribution in [0.3, 0.4) is 0 Å². The van der Waals surface area contributed by atoms with Crippen LogP contribution in [0.2, 0.25) is 5.02 Å². The summed E-state index contributed by atoms with van der Waals surface area (Å²) in [5, 5.41) is 1.81. The highest BCUT2D eigenvalue weighted by Gasteiger charge is 1.96. The second-order valence-corrected chi connectivity index (χ2v) is 3.47. The van der Waals surface area contributed by atoms with Crippen molar-refractivity contribution < 1.29 is 0 Å². The molecule has 0 aliphatic rings. The molecular weight excluding hydrogens is 182 g/mol. The van der Waals surface area contributed by atoms with Crippen molar-refractivity contribution in [2.24, 2.45) is 0 Å². The van der Waals surface area contributed by atoms with Crippen molar-refractivity contribution in [3.8, 4) is 0 Å². The molecule has 1 aromatic heterocycles. The Bertz CT molecular complexity index is 437. The number of nitrogens with zero attached hydrogens (tertiary/aromatic N) is 1. The Balaban J connectivity index is 2.68. The third kappa shape index (κ3) is 1.65. The third-order valence-corrected chi connectivity index (χ3v) is 2.33. The van der Waals surface area contributed by atoms with Crippen LogP contribution in [0.4, 0.5) is 0 Å². The van der Waals surface area contributed by atoms with Crippen molar-refractivity contribution in [2.75, 3.05) is 0 Å². The third-order valence-electron chi connectivity index (χ3n) is 2.12. The van der Waals surface area contributed by atoms with Crippen molar-refractivity contribution >= 4 is 22.5 Å². The van der Waals surface area contributed by atoms with Crippen molar-refractivity contribution in [1.82, 2.24) is 4.98 Å². The van der Waals surface area contributed by atoms with Gasteiger partial charge in [0.05, 0.1) is 10.5 Å². The number of aryl methyl sites for hydroxylation is 1. The van der Waals surface area contributed by atoms with Gasteiger partial charge < -0.3 is 0 Å². The summed E-state index contributed by atoms with van der Waals surface area (Å²) in [4.78, 5) is 4.22. The summed E-state index contributed by atoms with van der Waals surface area (Å²) in [6.45, 7) is 2.14. The Morgan fingerprint density at radius 3 is 2.92 bits per heavy atom. The topological polar surface area (TPSA) is 12.9 Å². The Hall–Kier alpha value is -1.08. The summed E-state index contributed by atoms with van der Waals surface area (Å²) >= 11 is 5.85. The number of pyridine rings is 1. The fraction of sp³-hybridized carbons (Fsp3) is 0.182. The lowest BCUT2D eigenvalue weighted by Gasteiger charge is -2.00. The van der Waals surface area contributed by atoms with Crippen LogP contribution in [-0.2, 0) is 6.42 Å². The van der Waals surface area contributed by atoms with Gasteiger partial charge in [-0.15, -0.1) is 0 Å². The minimum Gasteiger partial charge on any atom is -0.255 e. The molecule has 0 N–H and O–H groups in total. The molecule has 0 fully saturated rings. The molecule has 66 valence electrons. The van der Waals surface area contributed by atoms with Gasteiger partial charge in [-0.2, -0.15) is 0 Å². The minimum absolute atomic E-state index is 0.695. The number of rotatable bonds is 1. The summed E-state index contributed by atoms with van der Waals surface area (Å²) in [5.41, 5.74) is 2.32. The smallest absolute Gasteiger partial charge is 0.0703 e. The van der Waals surface area contributed by atoms with E-state index in [9.17, 15) is 0 Å². The summed E-state index contributed by atoms with van der Waals surface area (Å²) in [6, 6.07) is 8.21. The lowest BCUT2D eigenvalue weighted by molar-refractivity contribution is 1.14. The van der Waals surface area contributed by atoms with E-state index in [4.69, 9.17) is 11.6 Å². The van der Waals surface area contributed by atoms with E-state index in [1.165, 1.54) is 5.56 Å². The van der Waals surface area contributed by atoms with Gasteiger partial charge in [0, 0.05) is 11.6 Å². The first kappa shape index (κ1) is 8.52. The van der Waals surface area contributed by atoms with E-state index in [2.05, 4.69) is 24.0 Å². The normalized spacial score (nSPS) is 10.6. The summed E-state index contributed by atoms with van der Waals surface area (Å²) in [6.07, 6.45) is 2.72. The highest BCUT2D eigenvalue weighted by molar-refractivity contribution is 6.31. The van der Waals surface area contributed by atoms with Crippen LogP contribution < -0.4 is 0 Å². The van der Waals surface area contributed by atoms with Crippen LogP contribution in [0.5, 0.6) is 0 Å². The molecule has 0 saturated carbocycles. The van der Waals surface area contributed by atoms with Crippen molar-refractivity contribution in [2.45, 2.75) is 13.3 Å². The maximum absolute atomic E-state index is 5.85. The minimum atomic E-state index is 0.695. The lowest BCUT2D eigenvalue weighted by Crippen LogP contribution is -1.82. The Morgan fingerprint density at radius 2 is 2.15 bits per heavy atom. The first-order valence-electron chi connectivity index (χ1n) is 4.34. The molecular formula is C11H10ClN. The molecule has 13 heavy (non-hydrogen) atoms. The monoisotopic (exact) mass is 191 g/mol. The summed E-state index contributed by atoms with van der Waals surface area (Å²) < 4.78 is 0. The van der Waals surface area contributed by atoms with Crippen molar-refractivity contribution in [1.29, 1.82) is 0 Å². The molecule has 2 rings (SSSR count). The van der Waals surface area contributed by atoms with E-state index in [-0.39, 0.29) is 0 Å². The highest BCUT2D eigenvalue weighted by Crippen LogP contribution is 2.18. The van der Waals surface area contributed by atoms with Gasteiger partial charge in [0.25, 0.3) is 0 Å². The fourth-order valence-electron chi connectivity index (χ4n) is 1.37. The largest absolute Gasteiger partial charge is 0.255 e. The molecule has 0 unspecified atom stereocenters. The number of hydrogen-bond acceptors (Lipinski definition) is 1. The zero-order valence-electron chi connectivity index (χ0n) is 7.42. The first-order chi connectivity index (χ1) is 6.29. The van der Waals surface area contributed by atoms with Gasteiger partial charge in [-0.1, -0.05) is 24.6 Å². The maximum Gasteiger partial charge on any atom is 0.0703 e. The molecule has 0 radical (unpaired) electrons. The number of fused-ring (bicyclic) bond motifs is 1. The molecule has 1 heterocycles. The second-order valence-electron chi connectivity index (χ2n) is 3.03. The summed E-state index contributed by atoms with van der Waals surface area (Å²) in [5.74, 6) is 0. The molecule has 0 amide bonds. The summed E-state index contributed by atoms with van der Waals surface area (Å²) in [7, 11) is 0. The molecule has 2 heteroatoms. The molecule has 0 aliphatic carbocycles. The van der Waals surface area contributed by atoms with E-state index in [0.29, 0.717) is 5.02 Å². The average molecular weight is 192 g/mol. The molecule has 0 atom stereocenters. The predicted molar refractivity (Wildman–Crippen MR) is 56.1 cm³/mol. The zero-order chi connectivity index (χ0) is 9.26. The lowest BCUT2D eigenvalue weighted by atomic mass is 10.1. The first-order valence-corrected chi connectivity index (χ1v) is 4.71. The van der Waals surface area contributed by atoms with Crippen molar-refractivity contribution in [3.63, 3.8) is 0 Å². The van der Waals surface area contributed by atoms with Crippen LogP contribution in [0.1, 0.15) is 12.5 Å². The van der Waals surface area contributed by atoms with Gasteiger partial charge in [-0.05, 0) is 30.2 Å². The maximum atomic E-state index is 5.85. The Morgan fingerprint density at radius 1 is 1.31 bits per heavy atom. The molecule has 0 aliphatic heterocycles. The van der Waals surface area contributed by atoms with Crippen LogP contribution in [0.25, 0.3) is 10.9 Å². The van der Waals surface area contributed by atoms with Crippen LogP contribution >= 0.6 is 11.6 Å². The molecule has 1 nitrogen and oxygen atoms in total. The van der Waals surface area contributed by atoms with Gasteiger partial charge in [-0.25, -0.2) is 0 Å². The van der Waals surface area contributed by atoms with E-state index in [0.717, 1.165) is 17.3 Å². The molecule has 1 aromatic carbocycles. The molecule has 0 bridgehead atoms. The van der Waals surface area contributed by atoms with Gasteiger partial charge >= 0.3 is 0 Å². The number of benzene rings is 1. The molecule has 0 saturated heterocycles. The quantitative estimate of drug-likeness (QED) is 0.673. The van der Waals surface area contributed by atoms with Gasteiger partial charge in [0.2, 0.25) is 0 Å². The van der Waals surface area contributed by atoms with Gasteiger partial charge in [0.1, 0.15) is 0 Å². The Labute approximate surface area is 82.4 Å². The fourth-order valence-corrected chi connectivity index (χ4v) is 1.54. The number of hydrogen-bond donors (Lipinski definition) is 0. The number of halogens is 1. The van der Waals surface area contributed by atoms with Crippen LogP contribution in [0.15, 0.2) is 30.5 Å². The van der Waals surface area contributed by atoms with E-state index in [1.807, 2.05) is 12.1 Å². The Kier molecular flexibility index (Phi) is 2.19. The highest BCUT2D eigenvalue weighted by atomic mass is 35.5. The van der Waals surface area contributed by atoms with E-state index < -0.39 is 0 Å². The van der Waals surface area contributed by atoms with E-state index in [1.54, 1.807) is 6.20 Å². The van der Waals surface area contributed by atoms with Gasteiger partial charge in [-0.3, -0.25) is 4.98 Å². The molecule has 2 aromatic rings. The zero-order valence-corrected chi connectivity index (χ0v) is 8.17. The molecule has 0 spiro atoms. The van der Waals surface area contributed by atoms with Crippen LogP contribution in [-0.4, -0.2) is 4.98 Å².